The van der Waals surface area contributed by atoms with Crippen LogP contribution in [0.3, 0.4) is 0 Å². The molecule has 0 heterocycles. The molecule has 0 aliphatic carbocycles. The number of carbonyl (C=O) groups excluding carboxylic acids is 1. The first-order valence-electron chi connectivity index (χ1n) is 6.65. The van der Waals surface area contributed by atoms with Gasteiger partial charge in [-0.25, -0.2) is 0 Å². The zero-order chi connectivity index (χ0) is 15.1. The SMILES string of the molecule is C[PH+](C)CC[PH+](C)C.C[PH+](C)CC[PH+](C)C.[CH-]=O.[Co].[Mo]. The second-order valence-corrected chi connectivity index (χ2v) is 17.5. The van der Waals surface area contributed by atoms with Gasteiger partial charge >= 0.3 is 0 Å². The van der Waals surface area contributed by atoms with Crippen molar-refractivity contribution < 1.29 is 42.6 Å². The Kier molecular flexibility index (Phi) is 45.1. The predicted molar refractivity (Wildman–Crippen MR) is 107 cm³/mol. The fourth-order valence-corrected chi connectivity index (χ4v) is 9.00. The Morgan fingerprint density at radius 1 is 0.550 bits per heavy atom. The molecule has 0 saturated heterocycles. The number of hydrogen-bond donors (Lipinski definition) is 0. The van der Waals surface area contributed by atoms with Gasteiger partial charge in [-0.2, -0.15) is 0 Å². The maximum Gasteiger partial charge on any atom is 0.0899 e. The van der Waals surface area contributed by atoms with Gasteiger partial charge in [0, 0.05) is 91.2 Å². The molecule has 0 amide bonds. The Morgan fingerprint density at radius 3 is 0.700 bits per heavy atom. The van der Waals surface area contributed by atoms with E-state index in [1.807, 2.05) is 0 Å². The Labute approximate surface area is 158 Å². The van der Waals surface area contributed by atoms with Crippen molar-refractivity contribution in [2.75, 3.05) is 78.0 Å². The molecule has 7 heteroatoms. The van der Waals surface area contributed by atoms with Crippen molar-refractivity contribution in [2.24, 2.45) is 0 Å². The Hall–Kier alpha value is 2.58. The van der Waals surface area contributed by atoms with Crippen LogP contribution in [0.5, 0.6) is 0 Å². The molecule has 0 aliphatic rings. The molecule has 0 bridgehead atoms. The van der Waals surface area contributed by atoms with Crippen molar-refractivity contribution in [2.45, 2.75) is 0 Å². The molecular weight excluding hydrogens is 451 g/mol. The third-order valence-corrected chi connectivity index (χ3v) is 8.25. The fraction of sp³-hybridized carbons (Fsp3) is 0.923. The average molecular weight is 488 g/mol. The number of hydrogen-bond acceptors (Lipinski definition) is 1. The van der Waals surface area contributed by atoms with Gasteiger partial charge in [0.2, 0.25) is 0 Å². The van der Waals surface area contributed by atoms with Crippen LogP contribution in [0.15, 0.2) is 0 Å². The van der Waals surface area contributed by atoms with E-state index in [4.69, 9.17) is 4.79 Å². The molecule has 0 aromatic heterocycles. The third kappa shape index (κ3) is 49.9. The molecule has 0 rings (SSSR count). The van der Waals surface area contributed by atoms with E-state index in [0.717, 1.165) is 0 Å². The summed E-state index contributed by atoms with van der Waals surface area (Å²) in [6.07, 6.45) is 6.13. The van der Waals surface area contributed by atoms with Crippen LogP contribution in [-0.4, -0.2) is 84.8 Å². The summed E-state index contributed by atoms with van der Waals surface area (Å²) >= 11 is 0. The van der Waals surface area contributed by atoms with Crippen LogP contribution >= 0.6 is 31.7 Å². The van der Waals surface area contributed by atoms with Crippen LogP contribution in [0.1, 0.15) is 0 Å². The minimum absolute atomic E-state index is 0. The van der Waals surface area contributed by atoms with Gasteiger partial charge < -0.3 is 4.79 Å². The quantitative estimate of drug-likeness (QED) is 0.242. The van der Waals surface area contributed by atoms with Crippen LogP contribution < -0.4 is 0 Å². The molecule has 0 atom stereocenters. The van der Waals surface area contributed by atoms with Crippen molar-refractivity contribution in [1.29, 1.82) is 0 Å². The van der Waals surface area contributed by atoms with Crippen molar-refractivity contribution in [3.63, 3.8) is 0 Å². The predicted octanol–water partition coefficient (Wildman–Crippen LogP) is 3.59. The molecule has 1 radical (unpaired) electrons. The minimum atomic E-state index is 0. The van der Waals surface area contributed by atoms with Crippen LogP contribution in [0.2, 0.25) is 0 Å². The Bertz CT molecular complexity index is 129. The number of rotatable bonds is 6. The van der Waals surface area contributed by atoms with Gasteiger partial charge in [-0.1, -0.05) is 0 Å². The molecular formula is C13H37CoMoOP4+3. The maximum absolute atomic E-state index is 7.75. The summed E-state index contributed by atoms with van der Waals surface area (Å²) in [5, 5.41) is 0. The van der Waals surface area contributed by atoms with Crippen molar-refractivity contribution in [3.8, 4) is 0 Å². The normalized spacial score (nSPS) is 9.20. The molecule has 0 aromatic carbocycles. The van der Waals surface area contributed by atoms with Crippen molar-refractivity contribution in [3.05, 3.63) is 0 Å². The second kappa shape index (κ2) is 26.5. The maximum atomic E-state index is 7.75. The molecule has 1 nitrogen and oxygen atoms in total. The molecule has 0 N–H and O–H groups in total. The van der Waals surface area contributed by atoms with Crippen LogP contribution in [-0.2, 0) is 42.6 Å². The Morgan fingerprint density at radius 2 is 0.650 bits per heavy atom. The van der Waals surface area contributed by atoms with E-state index in [0.29, 0.717) is 0 Å². The molecule has 0 aromatic rings. The van der Waals surface area contributed by atoms with E-state index in [-0.39, 0.29) is 69.5 Å². The van der Waals surface area contributed by atoms with Crippen LogP contribution in [0.4, 0.5) is 0 Å². The van der Waals surface area contributed by atoms with Gasteiger partial charge in [-0.3, -0.25) is 6.79 Å². The summed E-state index contributed by atoms with van der Waals surface area (Å²) in [5.41, 5.74) is 0. The van der Waals surface area contributed by atoms with Gasteiger partial charge in [0.05, 0.1) is 24.6 Å². The van der Waals surface area contributed by atoms with Gasteiger partial charge in [-0.15, -0.1) is 0 Å². The summed E-state index contributed by atoms with van der Waals surface area (Å²) in [6, 6.07) is 0. The molecule has 0 unspecified atom stereocenters. The average Bonchev–Trinajstić information content (AvgIpc) is 2.27. The first-order chi connectivity index (χ1) is 8.25. The van der Waals surface area contributed by atoms with Gasteiger partial charge in [0.15, 0.2) is 0 Å². The molecule has 0 fully saturated rings. The van der Waals surface area contributed by atoms with E-state index < -0.39 is 0 Å². The van der Waals surface area contributed by atoms with E-state index in [9.17, 15) is 0 Å². The first-order valence-corrected chi connectivity index (χ1v) is 17.5. The van der Waals surface area contributed by atoms with Crippen LogP contribution in [0, 0.1) is 0 Å². The summed E-state index contributed by atoms with van der Waals surface area (Å²) in [6.45, 7) is 22.4. The molecule has 0 aliphatic heterocycles. The van der Waals surface area contributed by atoms with E-state index >= 15 is 0 Å². The third-order valence-electron chi connectivity index (χ3n) is 2.25. The van der Waals surface area contributed by atoms with E-state index in [1.165, 1.54) is 24.6 Å². The second-order valence-electron chi connectivity index (χ2n) is 5.83. The molecule has 127 valence electrons. The summed E-state index contributed by atoms with van der Waals surface area (Å²) in [7, 11) is 0.383. The first kappa shape index (κ1) is 34.0. The largest absolute Gasteiger partial charge is 0.545 e. The fourth-order valence-electron chi connectivity index (χ4n) is 1.000. The van der Waals surface area contributed by atoms with Crippen LogP contribution in [0.25, 0.3) is 0 Å². The van der Waals surface area contributed by atoms with Gasteiger partial charge in [0.25, 0.3) is 0 Å². The molecule has 0 saturated carbocycles. The standard InChI is InChI=1S/2C6H16P2.CHO.Co.Mo/c2*1-7(2)5-6-8(3)4;1-2;;/h2*5-6H2,1-4H3;1H;;/q;;-1;;/p+4. The summed E-state index contributed by atoms with van der Waals surface area (Å²) < 4.78 is 0. The van der Waals surface area contributed by atoms with Gasteiger partial charge in [-0.05, 0) is 31.7 Å². The monoisotopic (exact) mass is 490 g/mol. The minimum Gasteiger partial charge on any atom is -0.545 e. The van der Waals surface area contributed by atoms with E-state index in [2.05, 4.69) is 60.1 Å². The molecule has 20 heavy (non-hydrogen) atoms. The van der Waals surface area contributed by atoms with Crippen molar-refractivity contribution >= 4 is 38.5 Å². The molecule has 0 spiro atoms. The zero-order valence-corrected chi connectivity index (χ0v) is 21.6. The summed E-state index contributed by atoms with van der Waals surface area (Å²) in [5.74, 6) is 0. The smallest absolute Gasteiger partial charge is 0.0899 e. The zero-order valence-electron chi connectivity index (χ0n) is 14.6. The summed E-state index contributed by atoms with van der Waals surface area (Å²) in [4.78, 5) is 7.75. The van der Waals surface area contributed by atoms with E-state index in [1.54, 1.807) is 0 Å². The Balaban J connectivity index is -0.0000000611. The topological polar surface area (TPSA) is 17.1 Å². The van der Waals surface area contributed by atoms with Gasteiger partial charge in [0.1, 0.15) is 0 Å². The van der Waals surface area contributed by atoms with Crippen molar-refractivity contribution in [1.82, 2.24) is 0 Å².